The minimum absolute atomic E-state index is 0.215. The van der Waals surface area contributed by atoms with Crippen molar-refractivity contribution in [2.45, 2.75) is 31.3 Å². The van der Waals surface area contributed by atoms with E-state index in [-0.39, 0.29) is 17.8 Å². The molecule has 2 rings (SSSR count). The Kier molecular flexibility index (Phi) is 2.27. The Morgan fingerprint density at radius 2 is 2.23 bits per heavy atom. The van der Waals surface area contributed by atoms with Gasteiger partial charge in [-0.1, -0.05) is 0 Å². The van der Waals surface area contributed by atoms with E-state index in [4.69, 9.17) is 0 Å². The predicted molar refractivity (Wildman–Crippen MR) is 46.8 cm³/mol. The average Bonchev–Trinajstić information content (AvgIpc) is 2.52. The second-order valence-electron chi connectivity index (χ2n) is 3.60. The summed E-state index contributed by atoms with van der Waals surface area (Å²) in [5, 5.41) is 9.32. The van der Waals surface area contributed by atoms with Gasteiger partial charge in [0.05, 0.1) is 12.3 Å². The zero-order chi connectivity index (χ0) is 9.26. The fraction of sp³-hybridized carbons (Fsp3) is 0.500. The average molecular weight is 181 g/mol. The van der Waals surface area contributed by atoms with Crippen LogP contribution in [0.15, 0.2) is 18.5 Å². The second kappa shape index (κ2) is 3.42. The van der Waals surface area contributed by atoms with Crippen LogP contribution in [0.25, 0.3) is 0 Å². The fourth-order valence-corrected chi connectivity index (χ4v) is 1.91. The molecule has 0 aliphatic heterocycles. The van der Waals surface area contributed by atoms with Gasteiger partial charge in [-0.15, -0.1) is 0 Å². The molecule has 0 saturated heterocycles. The van der Waals surface area contributed by atoms with Crippen LogP contribution < -0.4 is 0 Å². The first-order valence-electron chi connectivity index (χ1n) is 4.54. The number of aliphatic hydroxyl groups excluding tert-OH is 1. The Morgan fingerprint density at radius 1 is 1.38 bits per heavy atom. The normalized spacial score (nSPS) is 27.8. The molecule has 1 N–H and O–H groups in total. The lowest BCUT2D eigenvalue weighted by molar-refractivity contribution is 0.181. The first-order chi connectivity index (χ1) is 6.25. The molecule has 1 heterocycles. The van der Waals surface area contributed by atoms with Crippen LogP contribution in [0.2, 0.25) is 0 Å². The SMILES string of the molecule is OC1CCC(c2cncc(F)c2)C1. The van der Waals surface area contributed by atoms with Gasteiger partial charge >= 0.3 is 0 Å². The molecule has 13 heavy (non-hydrogen) atoms. The van der Waals surface area contributed by atoms with Crippen molar-refractivity contribution in [3.05, 3.63) is 29.8 Å². The third-order valence-corrected chi connectivity index (χ3v) is 2.60. The lowest BCUT2D eigenvalue weighted by Gasteiger charge is -2.08. The zero-order valence-electron chi connectivity index (χ0n) is 7.28. The van der Waals surface area contributed by atoms with Crippen molar-refractivity contribution in [2.75, 3.05) is 0 Å². The highest BCUT2D eigenvalue weighted by Gasteiger charge is 2.24. The summed E-state index contributed by atoms with van der Waals surface area (Å²) in [6.07, 6.45) is 5.17. The third-order valence-electron chi connectivity index (χ3n) is 2.60. The zero-order valence-corrected chi connectivity index (χ0v) is 7.28. The van der Waals surface area contributed by atoms with Gasteiger partial charge in [-0.05, 0) is 36.8 Å². The van der Waals surface area contributed by atoms with Crippen molar-refractivity contribution in [3.63, 3.8) is 0 Å². The summed E-state index contributed by atoms with van der Waals surface area (Å²) < 4.78 is 12.8. The lowest BCUT2D eigenvalue weighted by Crippen LogP contribution is -2.00. The van der Waals surface area contributed by atoms with Gasteiger partial charge in [-0.2, -0.15) is 0 Å². The Labute approximate surface area is 76.4 Å². The molecule has 2 atom stereocenters. The van der Waals surface area contributed by atoms with Crippen molar-refractivity contribution in [1.29, 1.82) is 0 Å². The van der Waals surface area contributed by atoms with Crippen molar-refractivity contribution in [3.8, 4) is 0 Å². The number of halogens is 1. The Morgan fingerprint density at radius 3 is 2.85 bits per heavy atom. The van der Waals surface area contributed by atoms with Crippen molar-refractivity contribution in [1.82, 2.24) is 4.98 Å². The van der Waals surface area contributed by atoms with Crippen molar-refractivity contribution < 1.29 is 9.50 Å². The summed E-state index contributed by atoms with van der Waals surface area (Å²) in [5.74, 6) is -0.00269. The van der Waals surface area contributed by atoms with Gasteiger partial charge in [0, 0.05) is 6.20 Å². The van der Waals surface area contributed by atoms with Gasteiger partial charge in [-0.25, -0.2) is 4.39 Å². The largest absolute Gasteiger partial charge is 0.393 e. The summed E-state index contributed by atoms with van der Waals surface area (Å²) in [6, 6.07) is 1.51. The van der Waals surface area contributed by atoms with E-state index in [1.807, 2.05) is 0 Å². The standard InChI is InChI=1S/C10H12FNO/c11-9-3-8(5-12-6-9)7-1-2-10(13)4-7/h3,5-7,10,13H,1-2,4H2. The summed E-state index contributed by atoms with van der Waals surface area (Å²) in [7, 11) is 0. The van der Waals surface area contributed by atoms with Crippen LogP contribution in [0.4, 0.5) is 4.39 Å². The highest BCUT2D eigenvalue weighted by atomic mass is 19.1. The number of hydrogen-bond acceptors (Lipinski definition) is 2. The van der Waals surface area contributed by atoms with E-state index in [1.165, 1.54) is 12.3 Å². The first-order valence-corrected chi connectivity index (χ1v) is 4.54. The molecule has 2 unspecified atom stereocenters. The molecule has 0 radical (unpaired) electrons. The summed E-state index contributed by atoms with van der Waals surface area (Å²) in [5.41, 5.74) is 0.913. The van der Waals surface area contributed by atoms with E-state index in [9.17, 15) is 9.50 Å². The number of nitrogens with zero attached hydrogens (tertiary/aromatic N) is 1. The van der Waals surface area contributed by atoms with Crippen molar-refractivity contribution >= 4 is 0 Å². The molecule has 2 nitrogen and oxygen atoms in total. The first kappa shape index (κ1) is 8.63. The molecule has 0 spiro atoms. The van der Waals surface area contributed by atoms with E-state index in [0.717, 1.165) is 24.8 Å². The maximum atomic E-state index is 12.8. The summed E-state index contributed by atoms with van der Waals surface area (Å²) >= 11 is 0. The van der Waals surface area contributed by atoms with E-state index in [2.05, 4.69) is 4.98 Å². The minimum Gasteiger partial charge on any atom is -0.393 e. The summed E-state index contributed by atoms with van der Waals surface area (Å²) in [4.78, 5) is 3.80. The van der Waals surface area contributed by atoms with Gasteiger partial charge in [-0.3, -0.25) is 4.98 Å². The number of aliphatic hydroxyl groups is 1. The van der Waals surface area contributed by atoms with Crippen LogP contribution in [0.1, 0.15) is 30.7 Å². The van der Waals surface area contributed by atoms with Gasteiger partial charge < -0.3 is 5.11 Å². The van der Waals surface area contributed by atoms with Crippen LogP contribution >= 0.6 is 0 Å². The Balaban J connectivity index is 2.16. The van der Waals surface area contributed by atoms with E-state index in [0.29, 0.717) is 0 Å². The van der Waals surface area contributed by atoms with Gasteiger partial charge in [0.15, 0.2) is 0 Å². The van der Waals surface area contributed by atoms with Crippen LogP contribution in [0.3, 0.4) is 0 Å². The quantitative estimate of drug-likeness (QED) is 0.717. The van der Waals surface area contributed by atoms with Gasteiger partial charge in [0.25, 0.3) is 0 Å². The van der Waals surface area contributed by atoms with Crippen LogP contribution in [-0.2, 0) is 0 Å². The van der Waals surface area contributed by atoms with E-state index >= 15 is 0 Å². The molecule has 1 aromatic heterocycles. The predicted octanol–water partition coefficient (Wildman–Crippen LogP) is 1.85. The number of rotatable bonds is 1. The maximum absolute atomic E-state index is 12.8. The Bertz CT molecular complexity index is 303. The molecule has 70 valence electrons. The molecular weight excluding hydrogens is 169 g/mol. The topological polar surface area (TPSA) is 33.1 Å². The third kappa shape index (κ3) is 1.86. The molecule has 3 heteroatoms. The maximum Gasteiger partial charge on any atom is 0.141 e. The minimum atomic E-state index is -0.293. The van der Waals surface area contributed by atoms with E-state index < -0.39 is 0 Å². The van der Waals surface area contributed by atoms with Gasteiger partial charge in [0.1, 0.15) is 5.82 Å². The number of hydrogen-bond donors (Lipinski definition) is 1. The highest BCUT2D eigenvalue weighted by molar-refractivity contribution is 5.17. The van der Waals surface area contributed by atoms with Crippen molar-refractivity contribution in [2.24, 2.45) is 0 Å². The molecule has 1 aliphatic carbocycles. The monoisotopic (exact) mass is 181 g/mol. The molecule has 1 aromatic rings. The van der Waals surface area contributed by atoms with E-state index in [1.54, 1.807) is 6.20 Å². The number of pyridine rings is 1. The molecular formula is C10H12FNO. The molecule has 1 aliphatic rings. The second-order valence-corrected chi connectivity index (χ2v) is 3.60. The Hall–Kier alpha value is -0.960. The van der Waals surface area contributed by atoms with Crippen LogP contribution in [-0.4, -0.2) is 16.2 Å². The van der Waals surface area contributed by atoms with Gasteiger partial charge in [0.2, 0.25) is 0 Å². The molecule has 0 amide bonds. The molecule has 0 aromatic carbocycles. The van der Waals surface area contributed by atoms with Crippen LogP contribution in [0.5, 0.6) is 0 Å². The smallest absolute Gasteiger partial charge is 0.141 e. The summed E-state index contributed by atoms with van der Waals surface area (Å²) in [6.45, 7) is 0. The highest BCUT2D eigenvalue weighted by Crippen LogP contribution is 2.33. The number of aromatic nitrogens is 1. The molecule has 0 bridgehead atoms. The van der Waals surface area contributed by atoms with Crippen LogP contribution in [0, 0.1) is 5.82 Å². The lowest BCUT2D eigenvalue weighted by atomic mass is 9.99. The molecule has 1 saturated carbocycles. The molecule has 1 fully saturated rings. The fourth-order valence-electron chi connectivity index (χ4n) is 1.91.